The van der Waals surface area contributed by atoms with Gasteiger partial charge in [0.25, 0.3) is 0 Å². The van der Waals surface area contributed by atoms with Gasteiger partial charge in [0.2, 0.25) is 0 Å². The van der Waals surface area contributed by atoms with Crippen molar-refractivity contribution in [2.24, 2.45) is 0 Å². The molecule has 0 nitrogen and oxygen atoms in total. The Morgan fingerprint density at radius 2 is 0.938 bits per heavy atom. The Hall–Kier alpha value is 0.441. The van der Waals surface area contributed by atoms with Gasteiger partial charge in [0.1, 0.15) is 0 Å². The van der Waals surface area contributed by atoms with Crippen molar-refractivity contribution < 1.29 is 38.3 Å². The molecular formula is C14H23LiZn. The second kappa shape index (κ2) is 20.8. The average Bonchev–Trinajstić information content (AvgIpc) is 2.05. The van der Waals surface area contributed by atoms with Gasteiger partial charge in [-0.25, -0.2) is 0 Å². The fourth-order valence-corrected chi connectivity index (χ4v) is 0.342. The van der Waals surface area contributed by atoms with Crippen molar-refractivity contribution in [3.63, 3.8) is 0 Å². The molecule has 16 heavy (non-hydrogen) atoms. The van der Waals surface area contributed by atoms with Gasteiger partial charge in [-0.15, -0.1) is 0 Å². The van der Waals surface area contributed by atoms with Crippen molar-refractivity contribution in [2.75, 3.05) is 0 Å². The van der Waals surface area contributed by atoms with Gasteiger partial charge in [0.15, 0.2) is 0 Å². The third kappa shape index (κ3) is 62.9. The van der Waals surface area contributed by atoms with Gasteiger partial charge in [0.05, 0.1) is 0 Å². The van der Waals surface area contributed by atoms with Crippen molar-refractivity contribution in [1.29, 1.82) is 0 Å². The van der Waals surface area contributed by atoms with Crippen LogP contribution in [0.4, 0.5) is 0 Å². The maximum Gasteiger partial charge on any atom is 2.00 e. The Kier molecular flexibility index (Phi) is 32.9. The van der Waals surface area contributed by atoms with Gasteiger partial charge < -0.3 is 11.8 Å². The standard InChI is InChI=1S/C6H5.2C4H9.Li.Zn/c1-2-4-6-5-3-1;2*1-4(2)3;;/h1-5H;2*1-3H3;;/q3*-1;+1;+2. The first-order chi connectivity index (χ1) is 6.46. The van der Waals surface area contributed by atoms with Crippen LogP contribution in [0, 0.1) is 17.9 Å². The number of hydrogen-bond acceptors (Lipinski definition) is 0. The first-order valence-electron chi connectivity index (χ1n) is 4.91. The first-order valence-corrected chi connectivity index (χ1v) is 4.91. The average molecular weight is 264 g/mol. The number of benzene rings is 1. The van der Waals surface area contributed by atoms with Crippen LogP contribution < -0.4 is 18.9 Å². The molecule has 0 amide bonds. The van der Waals surface area contributed by atoms with Crippen LogP contribution in [0.5, 0.6) is 0 Å². The predicted molar refractivity (Wildman–Crippen MR) is 65.8 cm³/mol. The summed E-state index contributed by atoms with van der Waals surface area (Å²) in [5.41, 5.74) is 0. The molecule has 1 rings (SSSR count). The molecule has 82 valence electrons. The Bertz CT molecular complexity index is 135. The maximum absolute atomic E-state index is 2.89. The molecule has 1 aromatic rings. The third-order valence-electron chi connectivity index (χ3n) is 0.607. The number of hydrogen-bond donors (Lipinski definition) is 0. The van der Waals surface area contributed by atoms with Crippen LogP contribution in [0.3, 0.4) is 0 Å². The molecule has 0 saturated heterocycles. The predicted octanol–water partition coefficient (Wildman–Crippen LogP) is 1.73. The molecule has 0 unspecified atom stereocenters. The smallest absolute Gasteiger partial charge is 0.323 e. The minimum atomic E-state index is 0. The second-order valence-electron chi connectivity index (χ2n) is 4.08. The Morgan fingerprint density at radius 1 is 0.688 bits per heavy atom. The van der Waals surface area contributed by atoms with Gasteiger partial charge >= 0.3 is 38.3 Å². The molecule has 0 aliphatic carbocycles. The summed E-state index contributed by atoms with van der Waals surface area (Å²) in [4.78, 5) is 0. The maximum atomic E-state index is 2.89. The van der Waals surface area contributed by atoms with Crippen LogP contribution in [0.15, 0.2) is 30.3 Å². The number of rotatable bonds is 0. The molecular weight excluding hydrogens is 240 g/mol. The van der Waals surface area contributed by atoms with E-state index >= 15 is 0 Å². The molecule has 1 aromatic carbocycles. The molecule has 0 fully saturated rings. The summed E-state index contributed by atoms with van der Waals surface area (Å²) in [6.45, 7) is 12.5. The van der Waals surface area contributed by atoms with E-state index in [1.165, 1.54) is 11.8 Å². The van der Waals surface area contributed by atoms with Crippen LogP contribution in [-0.2, 0) is 19.5 Å². The van der Waals surface area contributed by atoms with Crippen LogP contribution in [0.1, 0.15) is 41.5 Å². The van der Waals surface area contributed by atoms with E-state index in [9.17, 15) is 0 Å². The van der Waals surface area contributed by atoms with E-state index in [4.69, 9.17) is 0 Å². The van der Waals surface area contributed by atoms with E-state index in [-0.39, 0.29) is 38.3 Å². The van der Waals surface area contributed by atoms with Crippen molar-refractivity contribution in [1.82, 2.24) is 0 Å². The largest absolute Gasteiger partial charge is 2.00 e. The topological polar surface area (TPSA) is 0 Å². The summed E-state index contributed by atoms with van der Waals surface area (Å²) in [5.74, 6) is 2.83. The van der Waals surface area contributed by atoms with E-state index in [1.54, 1.807) is 0 Å². The van der Waals surface area contributed by atoms with Crippen LogP contribution in [-0.4, -0.2) is 0 Å². The molecule has 0 atom stereocenters. The summed E-state index contributed by atoms with van der Waals surface area (Å²) < 4.78 is 0. The van der Waals surface area contributed by atoms with Crippen LogP contribution in [0.25, 0.3) is 0 Å². The summed E-state index contributed by atoms with van der Waals surface area (Å²) in [6, 6.07) is 12.5. The normalized spacial score (nSPS) is 7.50. The van der Waals surface area contributed by atoms with Crippen LogP contribution in [0.2, 0.25) is 0 Å². The fourth-order valence-electron chi connectivity index (χ4n) is 0.342. The Morgan fingerprint density at radius 3 is 1.00 bits per heavy atom. The zero-order chi connectivity index (χ0) is 11.4. The van der Waals surface area contributed by atoms with E-state index in [0.29, 0.717) is 0 Å². The zero-order valence-electron chi connectivity index (χ0n) is 12.1. The monoisotopic (exact) mass is 262 g/mol. The third-order valence-corrected chi connectivity index (χ3v) is 0.607. The quantitative estimate of drug-likeness (QED) is 0.494. The molecule has 0 N–H and O–H groups in total. The second-order valence-corrected chi connectivity index (χ2v) is 4.08. The van der Waals surface area contributed by atoms with E-state index in [1.807, 2.05) is 30.3 Å². The van der Waals surface area contributed by atoms with Crippen molar-refractivity contribution >= 4 is 0 Å². The Labute approximate surface area is 128 Å². The summed E-state index contributed by atoms with van der Waals surface area (Å²) >= 11 is 0. The van der Waals surface area contributed by atoms with Gasteiger partial charge in [-0.05, 0) is 0 Å². The minimum Gasteiger partial charge on any atom is -0.323 e. The molecule has 0 heterocycles. The minimum absolute atomic E-state index is 0. The SMILES string of the molecule is C[C-](C)C.C[C-](C)C.[Li+].[Zn+2].[c-]1ccccc1. The molecule has 0 saturated carbocycles. The summed E-state index contributed by atoms with van der Waals surface area (Å²) in [6.07, 6.45) is 0. The Balaban J connectivity index is -0.0000000660. The van der Waals surface area contributed by atoms with Gasteiger partial charge in [-0.2, -0.15) is 77.9 Å². The van der Waals surface area contributed by atoms with Crippen molar-refractivity contribution in [3.05, 3.63) is 48.2 Å². The van der Waals surface area contributed by atoms with E-state index in [0.717, 1.165) is 0 Å². The van der Waals surface area contributed by atoms with E-state index < -0.39 is 0 Å². The van der Waals surface area contributed by atoms with E-state index in [2.05, 4.69) is 47.6 Å². The molecule has 0 radical (unpaired) electrons. The van der Waals surface area contributed by atoms with Gasteiger partial charge in [0, 0.05) is 0 Å². The molecule has 0 bridgehead atoms. The van der Waals surface area contributed by atoms with Crippen molar-refractivity contribution in [3.8, 4) is 0 Å². The summed E-state index contributed by atoms with van der Waals surface area (Å²) in [5, 5.41) is 0. The first kappa shape index (κ1) is 25.3. The molecule has 2 heteroatoms. The van der Waals surface area contributed by atoms with Gasteiger partial charge in [-0.1, -0.05) is 0 Å². The summed E-state index contributed by atoms with van der Waals surface area (Å²) in [7, 11) is 0. The van der Waals surface area contributed by atoms with Gasteiger partial charge in [-0.3, -0.25) is 0 Å². The molecule has 0 aliphatic rings. The molecule has 0 spiro atoms. The molecule has 0 aliphatic heterocycles. The van der Waals surface area contributed by atoms with Crippen molar-refractivity contribution in [2.45, 2.75) is 41.5 Å². The fraction of sp³-hybridized carbons (Fsp3) is 0.429. The zero-order valence-corrected chi connectivity index (χ0v) is 15.1. The van der Waals surface area contributed by atoms with Crippen LogP contribution >= 0.6 is 0 Å². The molecule has 0 aromatic heterocycles.